The number of anilines is 1. The first-order valence-corrected chi connectivity index (χ1v) is 7.98. The van der Waals surface area contributed by atoms with Crippen LogP contribution in [0, 0.1) is 11.3 Å². The average molecular weight is 356 g/mol. The van der Waals surface area contributed by atoms with Gasteiger partial charge in [-0.05, 0) is 24.3 Å². The van der Waals surface area contributed by atoms with Crippen molar-refractivity contribution in [3.8, 4) is 23.1 Å². The number of oxazole rings is 1. The molecule has 0 atom stereocenters. The predicted molar refractivity (Wildman–Crippen MR) is 96.0 cm³/mol. The van der Waals surface area contributed by atoms with E-state index in [2.05, 4.69) is 20.3 Å². The standard InChI is InChI=1S/C19H12N6O2/c20-11-13-5-4-8-15(22-13)16-12-27-19(23-16)24-18(26)17-21-9-10-25(17)14-6-2-1-3-7-14/h1-10,12H,(H,23,24,26). The smallest absolute Gasteiger partial charge is 0.302 e. The van der Waals surface area contributed by atoms with Gasteiger partial charge >= 0.3 is 6.01 Å². The van der Waals surface area contributed by atoms with Crippen LogP contribution in [0.5, 0.6) is 0 Å². The maximum atomic E-state index is 12.6. The third-order valence-corrected chi connectivity index (χ3v) is 3.73. The summed E-state index contributed by atoms with van der Waals surface area (Å²) in [4.78, 5) is 25.0. The molecule has 1 N–H and O–H groups in total. The predicted octanol–water partition coefficient (Wildman–Crippen LogP) is 3.05. The summed E-state index contributed by atoms with van der Waals surface area (Å²) >= 11 is 0. The van der Waals surface area contributed by atoms with Crippen LogP contribution in [0.4, 0.5) is 6.01 Å². The summed E-state index contributed by atoms with van der Waals surface area (Å²) < 4.78 is 6.97. The molecule has 130 valence electrons. The van der Waals surface area contributed by atoms with E-state index >= 15 is 0 Å². The van der Waals surface area contributed by atoms with Crippen LogP contribution >= 0.6 is 0 Å². The SMILES string of the molecule is N#Cc1cccc(-c2coc(NC(=O)c3nccn3-c3ccccc3)n2)n1. The fraction of sp³-hybridized carbons (Fsp3) is 0. The molecule has 27 heavy (non-hydrogen) atoms. The van der Waals surface area contributed by atoms with Gasteiger partial charge in [0.1, 0.15) is 23.7 Å². The van der Waals surface area contributed by atoms with Gasteiger partial charge in [-0.3, -0.25) is 14.7 Å². The minimum Gasteiger partial charge on any atom is -0.431 e. The lowest BCUT2D eigenvalue weighted by atomic mass is 10.2. The van der Waals surface area contributed by atoms with Crippen molar-refractivity contribution >= 4 is 11.9 Å². The summed E-state index contributed by atoms with van der Waals surface area (Å²) in [5, 5.41) is 11.5. The Hall–Kier alpha value is -4.25. The van der Waals surface area contributed by atoms with Crippen molar-refractivity contribution in [3.05, 3.63) is 78.7 Å². The quantitative estimate of drug-likeness (QED) is 0.602. The number of rotatable bonds is 4. The van der Waals surface area contributed by atoms with Gasteiger partial charge in [0.05, 0.1) is 5.69 Å². The van der Waals surface area contributed by atoms with Gasteiger partial charge in [-0.15, -0.1) is 0 Å². The van der Waals surface area contributed by atoms with E-state index in [1.54, 1.807) is 35.2 Å². The maximum Gasteiger partial charge on any atom is 0.302 e. The first-order valence-electron chi connectivity index (χ1n) is 7.98. The summed E-state index contributed by atoms with van der Waals surface area (Å²) in [5.74, 6) is -0.262. The highest BCUT2D eigenvalue weighted by atomic mass is 16.4. The summed E-state index contributed by atoms with van der Waals surface area (Å²) in [7, 11) is 0. The summed E-state index contributed by atoms with van der Waals surface area (Å²) in [6.07, 6.45) is 4.60. The van der Waals surface area contributed by atoms with Crippen molar-refractivity contribution in [2.24, 2.45) is 0 Å². The molecule has 1 aromatic carbocycles. The van der Waals surface area contributed by atoms with Gasteiger partial charge in [0.15, 0.2) is 0 Å². The Kier molecular flexibility index (Phi) is 4.17. The average Bonchev–Trinajstić information content (AvgIpc) is 3.38. The van der Waals surface area contributed by atoms with E-state index in [9.17, 15) is 4.79 Å². The molecule has 0 saturated carbocycles. The number of carbonyl (C=O) groups excluding carboxylic acids is 1. The molecule has 3 heterocycles. The molecule has 0 aliphatic rings. The van der Waals surface area contributed by atoms with Gasteiger partial charge in [-0.1, -0.05) is 24.3 Å². The molecule has 3 aromatic heterocycles. The summed E-state index contributed by atoms with van der Waals surface area (Å²) in [6.45, 7) is 0. The Bertz CT molecular complexity index is 1140. The van der Waals surface area contributed by atoms with Crippen LogP contribution in [-0.4, -0.2) is 25.4 Å². The van der Waals surface area contributed by atoms with E-state index in [-0.39, 0.29) is 17.5 Å². The van der Waals surface area contributed by atoms with Gasteiger partial charge in [-0.2, -0.15) is 10.2 Å². The monoisotopic (exact) mass is 356 g/mol. The third kappa shape index (κ3) is 3.29. The van der Waals surface area contributed by atoms with E-state index in [4.69, 9.17) is 9.68 Å². The second kappa shape index (κ2) is 6.93. The topological polar surface area (TPSA) is 110 Å². The van der Waals surface area contributed by atoms with E-state index < -0.39 is 5.91 Å². The summed E-state index contributed by atoms with van der Waals surface area (Å²) in [6, 6.07) is 16.4. The maximum absolute atomic E-state index is 12.6. The molecular formula is C19H12N6O2. The van der Waals surface area contributed by atoms with Crippen LogP contribution in [-0.2, 0) is 0 Å². The van der Waals surface area contributed by atoms with E-state index in [0.717, 1.165) is 5.69 Å². The number of para-hydroxylation sites is 1. The lowest BCUT2D eigenvalue weighted by molar-refractivity contribution is 0.101. The van der Waals surface area contributed by atoms with Crippen LogP contribution in [0.1, 0.15) is 16.3 Å². The van der Waals surface area contributed by atoms with Crippen molar-refractivity contribution in [1.29, 1.82) is 5.26 Å². The Balaban J connectivity index is 1.56. The zero-order valence-electron chi connectivity index (χ0n) is 13.9. The molecule has 0 saturated heterocycles. The molecule has 0 aliphatic carbocycles. The van der Waals surface area contributed by atoms with Gasteiger partial charge in [0, 0.05) is 18.1 Å². The van der Waals surface area contributed by atoms with Gasteiger partial charge in [0.25, 0.3) is 5.91 Å². The van der Waals surface area contributed by atoms with Crippen LogP contribution in [0.15, 0.2) is 71.6 Å². The molecule has 0 spiro atoms. The van der Waals surface area contributed by atoms with Crippen LogP contribution in [0.3, 0.4) is 0 Å². The number of pyridine rings is 1. The van der Waals surface area contributed by atoms with Crippen LogP contribution in [0.2, 0.25) is 0 Å². The Morgan fingerprint density at radius 3 is 2.74 bits per heavy atom. The molecule has 0 aliphatic heterocycles. The van der Waals surface area contributed by atoms with Crippen molar-refractivity contribution in [3.63, 3.8) is 0 Å². The first-order chi connectivity index (χ1) is 13.2. The number of hydrogen-bond acceptors (Lipinski definition) is 6. The molecule has 8 heteroatoms. The van der Waals surface area contributed by atoms with Crippen LogP contribution in [0.25, 0.3) is 17.1 Å². The lowest BCUT2D eigenvalue weighted by Crippen LogP contribution is -2.17. The molecule has 0 unspecified atom stereocenters. The number of carbonyl (C=O) groups is 1. The molecule has 4 rings (SSSR count). The fourth-order valence-electron chi connectivity index (χ4n) is 2.51. The second-order valence-electron chi connectivity index (χ2n) is 5.47. The van der Waals surface area contributed by atoms with Crippen molar-refractivity contribution in [2.45, 2.75) is 0 Å². The fourth-order valence-corrected chi connectivity index (χ4v) is 2.51. The Morgan fingerprint density at radius 1 is 1.07 bits per heavy atom. The highest BCUT2D eigenvalue weighted by molar-refractivity contribution is 6.01. The van der Waals surface area contributed by atoms with Crippen LogP contribution < -0.4 is 5.32 Å². The minimum atomic E-state index is -0.462. The highest BCUT2D eigenvalue weighted by Crippen LogP contribution is 2.19. The zero-order chi connectivity index (χ0) is 18.6. The molecule has 1 amide bonds. The molecule has 0 fully saturated rings. The van der Waals surface area contributed by atoms with E-state index in [1.807, 2.05) is 36.4 Å². The van der Waals surface area contributed by atoms with Crippen molar-refractivity contribution in [2.75, 3.05) is 5.32 Å². The molecule has 4 aromatic rings. The van der Waals surface area contributed by atoms with Gasteiger partial charge < -0.3 is 4.42 Å². The number of hydrogen-bond donors (Lipinski definition) is 1. The normalized spacial score (nSPS) is 10.3. The Labute approximate surface area is 153 Å². The van der Waals surface area contributed by atoms with Gasteiger partial charge in [-0.25, -0.2) is 9.97 Å². The van der Waals surface area contributed by atoms with Crippen molar-refractivity contribution in [1.82, 2.24) is 19.5 Å². The molecule has 0 radical (unpaired) electrons. The number of benzene rings is 1. The summed E-state index contributed by atoms with van der Waals surface area (Å²) in [5.41, 5.74) is 1.97. The first kappa shape index (κ1) is 16.2. The zero-order valence-corrected chi connectivity index (χ0v) is 13.9. The number of nitrogens with zero attached hydrogens (tertiary/aromatic N) is 5. The third-order valence-electron chi connectivity index (χ3n) is 3.73. The van der Waals surface area contributed by atoms with E-state index in [0.29, 0.717) is 11.4 Å². The molecular weight excluding hydrogens is 344 g/mol. The lowest BCUT2D eigenvalue weighted by Gasteiger charge is -2.06. The van der Waals surface area contributed by atoms with Gasteiger partial charge in [0.2, 0.25) is 5.82 Å². The molecule has 8 nitrogen and oxygen atoms in total. The van der Waals surface area contributed by atoms with E-state index in [1.165, 1.54) is 6.26 Å². The number of nitriles is 1. The highest BCUT2D eigenvalue weighted by Gasteiger charge is 2.17. The van der Waals surface area contributed by atoms with Crippen molar-refractivity contribution < 1.29 is 9.21 Å². The largest absolute Gasteiger partial charge is 0.431 e. The Morgan fingerprint density at radius 2 is 1.93 bits per heavy atom. The number of aromatic nitrogens is 4. The minimum absolute atomic E-state index is 0.0155. The number of nitrogens with one attached hydrogen (secondary N) is 1. The second-order valence-corrected chi connectivity index (χ2v) is 5.47. The molecule has 0 bridgehead atoms. The number of imidazole rings is 1. The number of amides is 1.